The van der Waals surface area contributed by atoms with E-state index in [4.69, 9.17) is 11.6 Å². The van der Waals surface area contributed by atoms with Gasteiger partial charge in [-0.2, -0.15) is 0 Å². The van der Waals surface area contributed by atoms with Gasteiger partial charge in [0.1, 0.15) is 0 Å². The Hall–Kier alpha value is -1.52. The van der Waals surface area contributed by atoms with Crippen molar-refractivity contribution in [3.05, 3.63) is 57.0 Å². The highest BCUT2D eigenvalue weighted by molar-refractivity contribution is 9.10. The maximum Gasteiger partial charge on any atom is 0.243 e. The molecule has 0 saturated heterocycles. The van der Waals surface area contributed by atoms with E-state index < -0.39 is 0 Å². The van der Waals surface area contributed by atoms with Crippen molar-refractivity contribution >= 4 is 44.8 Å². The predicted molar refractivity (Wildman–Crippen MR) is 92.2 cm³/mol. The number of carbonyl (C=O) groups excluding carboxylic acids is 1. The largest absolute Gasteiger partial charge is 0.375 e. The Bertz CT molecular complexity index is 633. The number of halogens is 2. The molecule has 0 aliphatic heterocycles. The monoisotopic (exact) mass is 366 g/mol. The molecule has 0 aliphatic carbocycles. The van der Waals surface area contributed by atoms with E-state index in [1.807, 2.05) is 50.2 Å². The summed E-state index contributed by atoms with van der Waals surface area (Å²) in [7, 11) is 0. The SMILES string of the molecule is Cc1cc(C)c(NCC(=O)Nc2ccc(Br)cc2)c(Cl)c1. The molecule has 5 heteroatoms. The zero-order valence-electron chi connectivity index (χ0n) is 11.8. The van der Waals surface area contributed by atoms with Gasteiger partial charge in [-0.05, 0) is 55.3 Å². The lowest BCUT2D eigenvalue weighted by Crippen LogP contribution is -2.22. The van der Waals surface area contributed by atoms with E-state index in [1.165, 1.54) is 0 Å². The normalized spacial score (nSPS) is 10.3. The molecule has 3 nitrogen and oxygen atoms in total. The minimum Gasteiger partial charge on any atom is -0.375 e. The second-order valence-corrected chi connectivity index (χ2v) is 6.17. The molecule has 0 heterocycles. The average Bonchev–Trinajstić information content (AvgIpc) is 2.40. The Morgan fingerprint density at radius 2 is 1.86 bits per heavy atom. The minimum atomic E-state index is -0.117. The lowest BCUT2D eigenvalue weighted by molar-refractivity contribution is -0.114. The minimum absolute atomic E-state index is 0.117. The lowest BCUT2D eigenvalue weighted by atomic mass is 10.1. The van der Waals surface area contributed by atoms with E-state index >= 15 is 0 Å². The highest BCUT2D eigenvalue weighted by Crippen LogP contribution is 2.27. The van der Waals surface area contributed by atoms with Crippen LogP contribution in [0.25, 0.3) is 0 Å². The molecule has 0 saturated carbocycles. The summed E-state index contributed by atoms with van der Waals surface area (Å²) in [5.74, 6) is -0.117. The molecule has 0 radical (unpaired) electrons. The van der Waals surface area contributed by atoms with Gasteiger partial charge in [-0.1, -0.05) is 33.6 Å². The van der Waals surface area contributed by atoms with Crippen LogP contribution in [0.3, 0.4) is 0 Å². The fourth-order valence-corrected chi connectivity index (χ4v) is 2.70. The molecule has 0 aliphatic rings. The van der Waals surface area contributed by atoms with Gasteiger partial charge >= 0.3 is 0 Å². The van der Waals surface area contributed by atoms with Crippen LogP contribution in [0.5, 0.6) is 0 Å². The van der Waals surface area contributed by atoms with Gasteiger partial charge in [0.05, 0.1) is 17.3 Å². The third kappa shape index (κ3) is 4.48. The van der Waals surface area contributed by atoms with Crippen LogP contribution in [0.4, 0.5) is 11.4 Å². The standard InChI is InChI=1S/C16H16BrClN2O/c1-10-7-11(2)16(14(18)8-10)19-9-15(21)20-13-5-3-12(17)4-6-13/h3-8,19H,9H2,1-2H3,(H,20,21). The van der Waals surface area contributed by atoms with Crippen LogP contribution in [-0.4, -0.2) is 12.5 Å². The zero-order valence-corrected chi connectivity index (χ0v) is 14.2. The number of carbonyl (C=O) groups is 1. The molecule has 0 unspecified atom stereocenters. The van der Waals surface area contributed by atoms with Crippen molar-refractivity contribution in [1.82, 2.24) is 0 Å². The van der Waals surface area contributed by atoms with E-state index in [1.54, 1.807) is 0 Å². The summed E-state index contributed by atoms with van der Waals surface area (Å²) >= 11 is 9.55. The Balaban J connectivity index is 1.97. The summed E-state index contributed by atoms with van der Waals surface area (Å²) in [6, 6.07) is 11.3. The molecular formula is C16H16BrClN2O. The Kier molecular flexibility index (Phi) is 5.26. The first-order valence-corrected chi connectivity index (χ1v) is 7.69. The summed E-state index contributed by atoms with van der Waals surface area (Å²) in [4.78, 5) is 11.9. The number of rotatable bonds is 4. The summed E-state index contributed by atoms with van der Waals surface area (Å²) in [6.45, 7) is 4.12. The molecule has 2 rings (SSSR count). The molecule has 110 valence electrons. The molecule has 0 atom stereocenters. The second kappa shape index (κ2) is 6.96. The van der Waals surface area contributed by atoms with E-state index in [-0.39, 0.29) is 12.5 Å². The van der Waals surface area contributed by atoms with Crippen molar-refractivity contribution < 1.29 is 4.79 Å². The smallest absolute Gasteiger partial charge is 0.243 e. The van der Waals surface area contributed by atoms with Crippen molar-refractivity contribution in [3.63, 3.8) is 0 Å². The number of hydrogen-bond donors (Lipinski definition) is 2. The quantitative estimate of drug-likeness (QED) is 0.817. The van der Waals surface area contributed by atoms with Crippen molar-refractivity contribution in [2.24, 2.45) is 0 Å². The first-order chi connectivity index (χ1) is 9.95. The van der Waals surface area contributed by atoms with E-state index in [0.29, 0.717) is 5.02 Å². The van der Waals surface area contributed by atoms with Gasteiger partial charge in [0.2, 0.25) is 5.91 Å². The average molecular weight is 368 g/mol. The van der Waals surface area contributed by atoms with Crippen molar-refractivity contribution in [2.45, 2.75) is 13.8 Å². The van der Waals surface area contributed by atoms with E-state index in [9.17, 15) is 4.79 Å². The van der Waals surface area contributed by atoms with Crippen LogP contribution in [-0.2, 0) is 4.79 Å². The van der Waals surface area contributed by atoms with Crippen molar-refractivity contribution in [1.29, 1.82) is 0 Å². The molecule has 0 fully saturated rings. The maximum absolute atomic E-state index is 11.9. The van der Waals surface area contributed by atoms with Crippen LogP contribution < -0.4 is 10.6 Å². The first-order valence-electron chi connectivity index (χ1n) is 6.52. The summed E-state index contributed by atoms with van der Waals surface area (Å²) in [5, 5.41) is 6.54. The van der Waals surface area contributed by atoms with Crippen LogP contribution in [0.2, 0.25) is 5.02 Å². The maximum atomic E-state index is 11.9. The van der Waals surface area contributed by atoms with Crippen molar-refractivity contribution in [2.75, 3.05) is 17.2 Å². The highest BCUT2D eigenvalue weighted by Gasteiger charge is 2.07. The van der Waals surface area contributed by atoms with Crippen LogP contribution in [0, 0.1) is 13.8 Å². The fourth-order valence-electron chi connectivity index (χ4n) is 2.05. The van der Waals surface area contributed by atoms with Gasteiger partial charge in [0, 0.05) is 10.2 Å². The number of benzene rings is 2. The first kappa shape index (κ1) is 15.9. The summed E-state index contributed by atoms with van der Waals surface area (Å²) in [5.41, 5.74) is 3.68. The molecule has 2 N–H and O–H groups in total. The third-order valence-electron chi connectivity index (χ3n) is 2.99. The molecule has 0 aromatic heterocycles. The third-order valence-corrected chi connectivity index (χ3v) is 3.81. The Labute approximate surface area is 137 Å². The Morgan fingerprint density at radius 3 is 2.48 bits per heavy atom. The van der Waals surface area contributed by atoms with Gasteiger partial charge in [-0.25, -0.2) is 0 Å². The van der Waals surface area contributed by atoms with Gasteiger partial charge < -0.3 is 10.6 Å². The van der Waals surface area contributed by atoms with Crippen LogP contribution >= 0.6 is 27.5 Å². The lowest BCUT2D eigenvalue weighted by Gasteiger charge is -2.12. The van der Waals surface area contributed by atoms with Gasteiger partial charge in [0.25, 0.3) is 0 Å². The van der Waals surface area contributed by atoms with Crippen LogP contribution in [0.15, 0.2) is 40.9 Å². The van der Waals surface area contributed by atoms with Gasteiger partial charge in [-0.3, -0.25) is 4.79 Å². The molecule has 0 bridgehead atoms. The number of aryl methyl sites for hydroxylation is 2. The predicted octanol–water partition coefficient (Wildman–Crippen LogP) is 4.77. The second-order valence-electron chi connectivity index (χ2n) is 4.85. The van der Waals surface area contributed by atoms with Crippen molar-refractivity contribution in [3.8, 4) is 0 Å². The van der Waals surface area contributed by atoms with Crippen LogP contribution in [0.1, 0.15) is 11.1 Å². The molecule has 2 aromatic rings. The van der Waals surface area contributed by atoms with Gasteiger partial charge in [-0.15, -0.1) is 0 Å². The summed E-state index contributed by atoms with van der Waals surface area (Å²) < 4.78 is 0.973. The molecule has 0 spiro atoms. The summed E-state index contributed by atoms with van der Waals surface area (Å²) in [6.07, 6.45) is 0. The van der Waals surface area contributed by atoms with E-state index in [0.717, 1.165) is 27.0 Å². The molecule has 1 amide bonds. The van der Waals surface area contributed by atoms with E-state index in [2.05, 4.69) is 26.6 Å². The topological polar surface area (TPSA) is 41.1 Å². The number of anilines is 2. The zero-order chi connectivity index (χ0) is 15.4. The van der Waals surface area contributed by atoms with Gasteiger partial charge in [0.15, 0.2) is 0 Å². The highest BCUT2D eigenvalue weighted by atomic mass is 79.9. The number of amides is 1. The number of hydrogen-bond acceptors (Lipinski definition) is 2. The fraction of sp³-hybridized carbons (Fsp3) is 0.188. The molecule has 21 heavy (non-hydrogen) atoms. The molecule has 2 aromatic carbocycles. The number of nitrogens with one attached hydrogen (secondary N) is 2. The Morgan fingerprint density at radius 1 is 1.19 bits per heavy atom. The molecular weight excluding hydrogens is 352 g/mol.